The lowest BCUT2D eigenvalue weighted by Gasteiger charge is -2.22. The lowest BCUT2D eigenvalue weighted by atomic mass is 10.3. The summed E-state index contributed by atoms with van der Waals surface area (Å²) in [6, 6.07) is -2.85. The van der Waals surface area contributed by atoms with Crippen LogP contribution in [0.5, 0.6) is 0 Å². The molecule has 0 radical (unpaired) electrons. The highest BCUT2D eigenvalue weighted by molar-refractivity contribution is 5.89. The average Bonchev–Trinajstić information content (AvgIpc) is 2.46. The van der Waals surface area contributed by atoms with E-state index in [4.69, 9.17) is 15.3 Å². The van der Waals surface area contributed by atoms with Gasteiger partial charge in [-0.1, -0.05) is 12.2 Å². The van der Waals surface area contributed by atoms with Gasteiger partial charge in [-0.05, 0) is 0 Å². The first-order valence-corrected chi connectivity index (χ1v) is 3.60. The lowest BCUT2D eigenvalue weighted by molar-refractivity contribution is -0.144. The maximum atomic E-state index is 10.6. The SMILES string of the molecule is O=C(O)[C@H]1C=C[C@@H](C(=O)O)N1C(=O)O. The number of hydrogen-bond donors (Lipinski definition) is 3. The molecule has 0 bridgehead atoms. The van der Waals surface area contributed by atoms with Crippen LogP contribution in [0.2, 0.25) is 0 Å². The molecular formula is C7H7NO6. The Hall–Kier alpha value is -2.05. The number of nitrogens with zero attached hydrogens (tertiary/aromatic N) is 1. The maximum Gasteiger partial charge on any atom is 0.409 e. The van der Waals surface area contributed by atoms with Crippen molar-refractivity contribution in [3.63, 3.8) is 0 Å². The van der Waals surface area contributed by atoms with Gasteiger partial charge in [0, 0.05) is 0 Å². The van der Waals surface area contributed by atoms with Crippen molar-refractivity contribution >= 4 is 18.0 Å². The van der Waals surface area contributed by atoms with Crippen LogP contribution >= 0.6 is 0 Å². The number of carboxylic acids is 2. The molecule has 3 N–H and O–H groups in total. The average molecular weight is 201 g/mol. The fourth-order valence-electron chi connectivity index (χ4n) is 1.21. The Balaban J connectivity index is 2.96. The van der Waals surface area contributed by atoms with Crippen LogP contribution in [-0.4, -0.2) is 50.3 Å². The standard InChI is InChI=1S/C7H7NO6/c9-5(10)3-1-2-4(6(11)12)8(3)7(13)14/h1-4H,(H,9,10)(H,11,12)(H,13,14)/t3-,4+. The number of aliphatic carboxylic acids is 2. The van der Waals surface area contributed by atoms with Crippen molar-refractivity contribution < 1.29 is 29.7 Å². The summed E-state index contributed by atoms with van der Waals surface area (Å²) in [7, 11) is 0. The molecule has 14 heavy (non-hydrogen) atoms. The van der Waals surface area contributed by atoms with Gasteiger partial charge in [0.25, 0.3) is 0 Å². The van der Waals surface area contributed by atoms with Crippen molar-refractivity contribution in [1.82, 2.24) is 4.90 Å². The minimum atomic E-state index is -1.57. The third kappa shape index (κ3) is 1.51. The lowest BCUT2D eigenvalue weighted by Crippen LogP contribution is -2.47. The first kappa shape index (κ1) is 10.0. The van der Waals surface area contributed by atoms with Crippen molar-refractivity contribution in [3.05, 3.63) is 12.2 Å². The Morgan fingerprint density at radius 1 is 0.929 bits per heavy atom. The van der Waals surface area contributed by atoms with E-state index >= 15 is 0 Å². The normalized spacial score (nSPS) is 25.0. The summed E-state index contributed by atoms with van der Waals surface area (Å²) in [6.07, 6.45) is 0.500. The molecule has 0 aromatic carbocycles. The van der Waals surface area contributed by atoms with Gasteiger partial charge in [0.2, 0.25) is 0 Å². The van der Waals surface area contributed by atoms with Crippen molar-refractivity contribution in [1.29, 1.82) is 0 Å². The quantitative estimate of drug-likeness (QED) is 0.516. The molecule has 0 aliphatic carbocycles. The number of rotatable bonds is 2. The smallest absolute Gasteiger partial charge is 0.409 e. The molecule has 1 aliphatic heterocycles. The second kappa shape index (κ2) is 3.36. The van der Waals surface area contributed by atoms with Crippen LogP contribution in [0.3, 0.4) is 0 Å². The Morgan fingerprint density at radius 3 is 1.50 bits per heavy atom. The first-order valence-electron chi connectivity index (χ1n) is 3.60. The zero-order chi connectivity index (χ0) is 10.9. The Morgan fingerprint density at radius 2 is 1.29 bits per heavy atom. The Labute approximate surface area is 77.9 Å². The van der Waals surface area contributed by atoms with E-state index in [0.717, 1.165) is 12.2 Å². The molecule has 2 atom stereocenters. The predicted molar refractivity (Wildman–Crippen MR) is 41.9 cm³/mol. The van der Waals surface area contributed by atoms with Gasteiger partial charge in [0.1, 0.15) is 0 Å². The minimum Gasteiger partial charge on any atom is -0.479 e. The molecule has 76 valence electrons. The van der Waals surface area contributed by atoms with Crippen LogP contribution in [0.25, 0.3) is 0 Å². The second-order valence-electron chi connectivity index (χ2n) is 2.64. The highest BCUT2D eigenvalue weighted by Gasteiger charge is 2.40. The van der Waals surface area contributed by atoms with Gasteiger partial charge in [-0.2, -0.15) is 0 Å². The molecule has 1 rings (SSSR count). The summed E-state index contributed by atoms with van der Waals surface area (Å²) in [6.45, 7) is 0. The Bertz CT molecular complexity index is 298. The fraction of sp³-hybridized carbons (Fsp3) is 0.286. The molecule has 0 spiro atoms. The Kier molecular flexibility index (Phi) is 2.41. The zero-order valence-electron chi connectivity index (χ0n) is 6.82. The molecule has 1 amide bonds. The molecule has 1 heterocycles. The molecule has 7 nitrogen and oxygen atoms in total. The fourth-order valence-corrected chi connectivity index (χ4v) is 1.21. The zero-order valence-corrected chi connectivity index (χ0v) is 6.82. The van der Waals surface area contributed by atoms with E-state index in [2.05, 4.69) is 0 Å². The van der Waals surface area contributed by atoms with Crippen LogP contribution in [0.1, 0.15) is 0 Å². The van der Waals surface area contributed by atoms with Crippen LogP contribution in [0.4, 0.5) is 4.79 Å². The summed E-state index contributed by atoms with van der Waals surface area (Å²) in [5, 5.41) is 25.8. The third-order valence-corrected chi connectivity index (χ3v) is 1.80. The van der Waals surface area contributed by atoms with Crippen LogP contribution in [-0.2, 0) is 9.59 Å². The molecule has 0 unspecified atom stereocenters. The summed E-state index contributed by atoms with van der Waals surface area (Å²) >= 11 is 0. The monoisotopic (exact) mass is 201 g/mol. The van der Waals surface area contributed by atoms with Gasteiger partial charge >= 0.3 is 18.0 Å². The summed E-state index contributed by atoms with van der Waals surface area (Å²) in [4.78, 5) is 32.0. The van der Waals surface area contributed by atoms with E-state index in [0.29, 0.717) is 4.90 Å². The predicted octanol–water partition coefficient (Wildman–Crippen LogP) is -0.557. The van der Waals surface area contributed by atoms with Gasteiger partial charge in [0.15, 0.2) is 12.1 Å². The van der Waals surface area contributed by atoms with Crippen molar-refractivity contribution in [3.8, 4) is 0 Å². The van der Waals surface area contributed by atoms with Gasteiger partial charge in [-0.3, -0.25) is 4.90 Å². The molecule has 0 aromatic rings. The summed E-state index contributed by atoms with van der Waals surface area (Å²) < 4.78 is 0. The van der Waals surface area contributed by atoms with Gasteiger partial charge in [-0.15, -0.1) is 0 Å². The van der Waals surface area contributed by atoms with Gasteiger partial charge in [0.05, 0.1) is 0 Å². The van der Waals surface area contributed by atoms with Crippen LogP contribution < -0.4 is 0 Å². The number of amides is 1. The number of carboxylic acid groups (broad SMARTS) is 3. The summed E-state index contributed by atoms with van der Waals surface area (Å²) in [5.41, 5.74) is 0. The molecule has 0 saturated heterocycles. The maximum absolute atomic E-state index is 10.6. The van der Waals surface area contributed by atoms with E-state index in [1.807, 2.05) is 0 Å². The highest BCUT2D eigenvalue weighted by atomic mass is 16.4. The van der Waals surface area contributed by atoms with Crippen LogP contribution in [0.15, 0.2) is 12.2 Å². The molecule has 0 saturated carbocycles. The van der Waals surface area contributed by atoms with E-state index in [1.54, 1.807) is 0 Å². The van der Waals surface area contributed by atoms with E-state index in [9.17, 15) is 14.4 Å². The first-order chi connectivity index (χ1) is 6.45. The number of carbonyl (C=O) groups is 3. The van der Waals surface area contributed by atoms with Crippen molar-refractivity contribution in [2.45, 2.75) is 12.1 Å². The highest BCUT2D eigenvalue weighted by Crippen LogP contribution is 2.17. The third-order valence-electron chi connectivity index (χ3n) is 1.80. The molecular weight excluding hydrogens is 194 g/mol. The number of hydrogen-bond acceptors (Lipinski definition) is 3. The topological polar surface area (TPSA) is 115 Å². The largest absolute Gasteiger partial charge is 0.479 e. The molecule has 1 aliphatic rings. The molecule has 0 fully saturated rings. The summed E-state index contributed by atoms with van der Waals surface area (Å²) in [5.74, 6) is -2.79. The van der Waals surface area contributed by atoms with E-state index in [1.165, 1.54) is 0 Å². The van der Waals surface area contributed by atoms with Crippen molar-refractivity contribution in [2.75, 3.05) is 0 Å². The van der Waals surface area contributed by atoms with Gasteiger partial charge in [-0.25, -0.2) is 14.4 Å². The van der Waals surface area contributed by atoms with Gasteiger partial charge < -0.3 is 15.3 Å². The van der Waals surface area contributed by atoms with E-state index < -0.39 is 30.1 Å². The molecule has 0 aromatic heterocycles. The van der Waals surface area contributed by atoms with E-state index in [-0.39, 0.29) is 0 Å². The van der Waals surface area contributed by atoms with Crippen LogP contribution in [0, 0.1) is 0 Å². The molecule has 7 heteroatoms. The van der Waals surface area contributed by atoms with Crippen molar-refractivity contribution in [2.24, 2.45) is 0 Å². The second-order valence-corrected chi connectivity index (χ2v) is 2.64. The minimum absolute atomic E-state index is 0.366.